The molecule has 1 rings (SSSR count). The smallest absolute Gasteiger partial charge is 0.354 e. The molecule has 0 saturated carbocycles. The third-order valence-electron chi connectivity index (χ3n) is 2.93. The van der Waals surface area contributed by atoms with Crippen LogP contribution in [0.1, 0.15) is 30.0 Å². The lowest BCUT2D eigenvalue weighted by atomic mass is 10.3. The summed E-state index contributed by atoms with van der Waals surface area (Å²) in [4.78, 5) is 38.6. The highest BCUT2D eigenvalue weighted by atomic mass is 16.4. The molecule has 0 spiro atoms. The molecule has 0 bridgehead atoms. The van der Waals surface area contributed by atoms with E-state index in [4.69, 9.17) is 5.11 Å². The average Bonchev–Trinajstić information content (AvgIpc) is 2.79. The topological polar surface area (TPSA) is 115 Å². The van der Waals surface area contributed by atoms with Crippen molar-refractivity contribution in [1.82, 2.24) is 15.2 Å². The van der Waals surface area contributed by atoms with E-state index in [-0.39, 0.29) is 23.8 Å². The molecule has 0 saturated heterocycles. The lowest BCUT2D eigenvalue weighted by molar-refractivity contribution is -0.129. The van der Waals surface area contributed by atoms with Crippen LogP contribution in [0.25, 0.3) is 0 Å². The Kier molecular flexibility index (Phi) is 5.77. The van der Waals surface area contributed by atoms with Crippen LogP contribution in [0.3, 0.4) is 0 Å². The van der Waals surface area contributed by atoms with Gasteiger partial charge in [0.05, 0.1) is 12.2 Å². The molecule has 0 aliphatic rings. The summed E-state index contributed by atoms with van der Waals surface area (Å²) in [7, 11) is 0. The number of nitrogens with one attached hydrogen (secondary N) is 3. The zero-order valence-electron chi connectivity index (χ0n) is 12.3. The van der Waals surface area contributed by atoms with Gasteiger partial charge in [0, 0.05) is 18.8 Å². The van der Waals surface area contributed by atoms with Crippen LogP contribution in [-0.2, 0) is 4.79 Å². The molecule has 0 fully saturated rings. The Balaban J connectivity index is 2.59. The third kappa shape index (κ3) is 4.51. The second-order valence-corrected chi connectivity index (χ2v) is 4.42. The summed E-state index contributed by atoms with van der Waals surface area (Å²) in [6.07, 6.45) is 0. The fraction of sp³-hybridized carbons (Fsp3) is 0.462. The van der Waals surface area contributed by atoms with Crippen molar-refractivity contribution < 1.29 is 19.5 Å². The van der Waals surface area contributed by atoms with E-state index in [2.05, 4.69) is 15.6 Å². The summed E-state index contributed by atoms with van der Waals surface area (Å²) in [5.41, 5.74) is 0.674. The molecule has 116 valence electrons. The second kappa shape index (κ2) is 7.32. The maximum atomic E-state index is 11.7. The number of likely N-dealkylation sites (N-methyl/N-ethyl adjacent to an activating group) is 1. The van der Waals surface area contributed by atoms with Crippen molar-refractivity contribution in [2.75, 3.05) is 25.0 Å². The minimum absolute atomic E-state index is 0.0993. The van der Waals surface area contributed by atoms with Gasteiger partial charge in [-0.1, -0.05) is 0 Å². The zero-order chi connectivity index (χ0) is 16.0. The second-order valence-electron chi connectivity index (χ2n) is 4.42. The van der Waals surface area contributed by atoms with Gasteiger partial charge in [0.2, 0.25) is 5.91 Å². The molecule has 0 aromatic carbocycles. The van der Waals surface area contributed by atoms with E-state index >= 15 is 0 Å². The number of nitrogens with zero attached hydrogens (tertiary/aromatic N) is 1. The Labute approximate surface area is 122 Å². The van der Waals surface area contributed by atoms with Gasteiger partial charge in [-0.05, 0) is 26.8 Å². The van der Waals surface area contributed by atoms with Gasteiger partial charge in [0.15, 0.2) is 0 Å². The molecule has 21 heavy (non-hydrogen) atoms. The Morgan fingerprint density at radius 1 is 1.29 bits per heavy atom. The first-order chi connectivity index (χ1) is 9.88. The van der Waals surface area contributed by atoms with Crippen LogP contribution in [0, 0.1) is 6.92 Å². The number of carboxylic acid groups (broad SMARTS) is 1. The van der Waals surface area contributed by atoms with Gasteiger partial charge in [0.25, 0.3) is 0 Å². The highest BCUT2D eigenvalue weighted by molar-refractivity contribution is 5.99. The third-order valence-corrected chi connectivity index (χ3v) is 2.93. The maximum Gasteiger partial charge on any atom is 0.354 e. The normalized spacial score (nSPS) is 10.0. The molecule has 8 heteroatoms. The molecule has 1 heterocycles. The van der Waals surface area contributed by atoms with Crippen molar-refractivity contribution >= 4 is 23.6 Å². The molecule has 0 aliphatic heterocycles. The number of aryl methyl sites for hydroxylation is 1. The number of carbonyl (C=O) groups excluding carboxylic acids is 2. The van der Waals surface area contributed by atoms with Gasteiger partial charge >= 0.3 is 12.0 Å². The summed E-state index contributed by atoms with van der Waals surface area (Å²) in [5.74, 6) is -1.36. The molecule has 0 atom stereocenters. The number of carbonyl (C=O) groups is 3. The van der Waals surface area contributed by atoms with Crippen molar-refractivity contribution in [3.8, 4) is 0 Å². The van der Waals surface area contributed by atoms with Gasteiger partial charge < -0.3 is 25.6 Å². The van der Waals surface area contributed by atoms with E-state index in [0.717, 1.165) is 0 Å². The fourth-order valence-corrected chi connectivity index (χ4v) is 1.87. The molecular formula is C13H20N4O4. The van der Waals surface area contributed by atoms with Crippen LogP contribution in [0.5, 0.6) is 0 Å². The van der Waals surface area contributed by atoms with Crippen molar-refractivity contribution in [3.63, 3.8) is 0 Å². The number of rotatable bonds is 6. The van der Waals surface area contributed by atoms with E-state index in [9.17, 15) is 14.4 Å². The average molecular weight is 296 g/mol. The molecule has 1 aromatic heterocycles. The largest absolute Gasteiger partial charge is 0.477 e. The number of urea groups is 1. The summed E-state index contributed by atoms with van der Waals surface area (Å²) in [6, 6.07) is 0.881. The van der Waals surface area contributed by atoms with E-state index in [0.29, 0.717) is 18.8 Å². The number of aromatic carboxylic acids is 1. The number of anilines is 1. The summed E-state index contributed by atoms with van der Waals surface area (Å²) in [6.45, 7) is 6.38. The van der Waals surface area contributed by atoms with Crippen molar-refractivity contribution in [2.24, 2.45) is 0 Å². The van der Waals surface area contributed by atoms with Crippen molar-refractivity contribution in [2.45, 2.75) is 20.8 Å². The van der Waals surface area contributed by atoms with Crippen LogP contribution in [-0.4, -0.2) is 52.5 Å². The number of hydrogen-bond acceptors (Lipinski definition) is 3. The predicted molar refractivity (Wildman–Crippen MR) is 77.4 cm³/mol. The highest BCUT2D eigenvalue weighted by Gasteiger charge is 2.16. The zero-order valence-corrected chi connectivity index (χ0v) is 12.3. The summed E-state index contributed by atoms with van der Waals surface area (Å²) >= 11 is 0. The summed E-state index contributed by atoms with van der Waals surface area (Å²) < 4.78 is 0. The molecule has 4 N–H and O–H groups in total. The van der Waals surface area contributed by atoms with Crippen molar-refractivity contribution in [1.29, 1.82) is 0 Å². The predicted octanol–water partition coefficient (Wildman–Crippen LogP) is 1.01. The van der Waals surface area contributed by atoms with Gasteiger partial charge in [-0.3, -0.25) is 4.79 Å². The number of carboxylic acids is 1. The number of amides is 3. The van der Waals surface area contributed by atoms with Gasteiger partial charge in [-0.25, -0.2) is 9.59 Å². The standard InChI is InChI=1S/C13H20N4O4/c1-4-17(5-2)10(18)7-14-13(21)16-9-6-8(3)15-11(9)12(19)20/h6,15H,4-5,7H2,1-3H3,(H,19,20)(H2,14,16,21). The van der Waals surface area contributed by atoms with Gasteiger partial charge in [-0.2, -0.15) is 0 Å². The van der Waals surface area contributed by atoms with Crippen LogP contribution < -0.4 is 10.6 Å². The lowest BCUT2D eigenvalue weighted by Crippen LogP contribution is -2.41. The van der Waals surface area contributed by atoms with Gasteiger partial charge in [0.1, 0.15) is 5.69 Å². The SMILES string of the molecule is CCN(CC)C(=O)CNC(=O)Nc1cc(C)[nH]c1C(=O)O. The first-order valence-electron chi connectivity index (χ1n) is 6.64. The maximum absolute atomic E-state index is 11.7. The molecule has 8 nitrogen and oxygen atoms in total. The number of aromatic nitrogens is 1. The van der Waals surface area contributed by atoms with Crippen LogP contribution in [0.15, 0.2) is 6.07 Å². The number of hydrogen-bond donors (Lipinski definition) is 4. The number of aromatic amines is 1. The Morgan fingerprint density at radius 3 is 2.43 bits per heavy atom. The van der Waals surface area contributed by atoms with Crippen LogP contribution in [0.4, 0.5) is 10.5 Å². The van der Waals surface area contributed by atoms with E-state index in [1.165, 1.54) is 6.07 Å². The molecule has 0 unspecified atom stereocenters. The minimum Gasteiger partial charge on any atom is -0.477 e. The summed E-state index contributed by atoms with van der Waals surface area (Å²) in [5, 5.41) is 13.8. The van der Waals surface area contributed by atoms with Crippen LogP contribution in [0.2, 0.25) is 0 Å². The van der Waals surface area contributed by atoms with Gasteiger partial charge in [-0.15, -0.1) is 0 Å². The van der Waals surface area contributed by atoms with E-state index in [1.807, 2.05) is 13.8 Å². The minimum atomic E-state index is -1.17. The highest BCUT2D eigenvalue weighted by Crippen LogP contribution is 2.16. The van der Waals surface area contributed by atoms with E-state index < -0.39 is 12.0 Å². The van der Waals surface area contributed by atoms with Crippen molar-refractivity contribution in [3.05, 3.63) is 17.5 Å². The Morgan fingerprint density at radius 2 is 1.90 bits per heavy atom. The molecular weight excluding hydrogens is 276 g/mol. The van der Waals surface area contributed by atoms with E-state index in [1.54, 1.807) is 11.8 Å². The lowest BCUT2D eigenvalue weighted by Gasteiger charge is -2.18. The molecule has 0 aliphatic carbocycles. The Hall–Kier alpha value is -2.51. The first kappa shape index (κ1) is 16.5. The number of H-pyrrole nitrogens is 1. The molecule has 0 radical (unpaired) electrons. The van der Waals surface area contributed by atoms with Crippen LogP contribution >= 0.6 is 0 Å². The quantitative estimate of drug-likeness (QED) is 0.627. The fourth-order valence-electron chi connectivity index (χ4n) is 1.87. The first-order valence-corrected chi connectivity index (χ1v) is 6.64. The monoisotopic (exact) mass is 296 g/mol. The molecule has 3 amide bonds. The molecule has 1 aromatic rings. The Bertz CT molecular complexity index is 534.